The second-order valence-corrected chi connectivity index (χ2v) is 6.70. The Labute approximate surface area is 117 Å². The molecule has 1 saturated heterocycles. The average molecular weight is 280 g/mol. The van der Waals surface area contributed by atoms with E-state index in [9.17, 15) is 4.21 Å². The summed E-state index contributed by atoms with van der Waals surface area (Å²) in [4.78, 5) is 0.821. The minimum Gasteiger partial charge on any atom is -0.343 e. The predicted octanol–water partition coefficient (Wildman–Crippen LogP) is 2.81. The Morgan fingerprint density at radius 1 is 1.32 bits per heavy atom. The molecule has 0 bridgehead atoms. The van der Waals surface area contributed by atoms with Crippen molar-refractivity contribution in [1.82, 2.24) is 0 Å². The van der Waals surface area contributed by atoms with Gasteiger partial charge in [0, 0.05) is 4.90 Å². The molecule has 2 rings (SSSR count). The fourth-order valence-electron chi connectivity index (χ4n) is 2.13. The summed E-state index contributed by atoms with van der Waals surface area (Å²) in [6.07, 6.45) is 1.30. The number of aryl methyl sites for hydroxylation is 1. The first kappa shape index (κ1) is 14.4. The summed E-state index contributed by atoms with van der Waals surface area (Å²) in [5, 5.41) is 0. The van der Waals surface area contributed by atoms with E-state index in [0.29, 0.717) is 5.75 Å². The molecule has 0 amide bonds. The lowest BCUT2D eigenvalue weighted by molar-refractivity contribution is -0.140. The lowest BCUT2D eigenvalue weighted by Crippen LogP contribution is -2.27. The third-order valence-electron chi connectivity index (χ3n) is 3.05. The molecule has 0 spiro atoms. The fraction of sp³-hybridized carbons (Fsp3) is 0.467. The lowest BCUT2D eigenvalue weighted by Gasteiger charge is -2.16. The van der Waals surface area contributed by atoms with Crippen molar-refractivity contribution in [2.45, 2.75) is 43.7 Å². The summed E-state index contributed by atoms with van der Waals surface area (Å²) >= 11 is 0. The van der Waals surface area contributed by atoms with Crippen molar-refractivity contribution in [2.75, 3.05) is 5.75 Å². The number of benzene rings is 1. The van der Waals surface area contributed by atoms with Crippen LogP contribution in [0.1, 0.15) is 19.4 Å². The summed E-state index contributed by atoms with van der Waals surface area (Å²) in [5.74, 6) is -0.218. The number of rotatable bonds is 4. The van der Waals surface area contributed by atoms with Gasteiger partial charge in [-0.05, 0) is 32.9 Å². The van der Waals surface area contributed by atoms with E-state index in [1.165, 1.54) is 0 Å². The maximum Gasteiger partial charge on any atom is 0.164 e. The van der Waals surface area contributed by atoms with E-state index in [1.54, 1.807) is 6.08 Å². The highest BCUT2D eigenvalue weighted by Gasteiger charge is 2.40. The molecule has 104 valence electrons. The van der Waals surface area contributed by atoms with Crippen LogP contribution in [0.5, 0.6) is 0 Å². The van der Waals surface area contributed by atoms with Crippen LogP contribution in [-0.2, 0) is 20.3 Å². The largest absolute Gasteiger partial charge is 0.343 e. The van der Waals surface area contributed by atoms with Crippen molar-refractivity contribution in [3.8, 4) is 0 Å². The van der Waals surface area contributed by atoms with Crippen LogP contribution >= 0.6 is 0 Å². The third-order valence-corrected chi connectivity index (χ3v) is 4.48. The molecule has 1 aromatic carbocycles. The van der Waals surface area contributed by atoms with E-state index in [-0.39, 0.29) is 12.2 Å². The Kier molecular flexibility index (Phi) is 4.23. The highest BCUT2D eigenvalue weighted by Crippen LogP contribution is 2.29. The Bertz CT molecular complexity index is 479. The Hall–Kier alpha value is -0.970. The first-order valence-corrected chi connectivity index (χ1v) is 7.66. The van der Waals surface area contributed by atoms with Crippen molar-refractivity contribution in [2.24, 2.45) is 0 Å². The molecule has 3 atom stereocenters. The van der Waals surface area contributed by atoms with E-state index >= 15 is 0 Å². The van der Waals surface area contributed by atoms with Gasteiger partial charge in [0.25, 0.3) is 0 Å². The molecule has 3 nitrogen and oxygen atoms in total. The van der Waals surface area contributed by atoms with Crippen LogP contribution in [0.15, 0.2) is 41.8 Å². The predicted molar refractivity (Wildman–Crippen MR) is 76.5 cm³/mol. The van der Waals surface area contributed by atoms with Gasteiger partial charge in [0.15, 0.2) is 5.79 Å². The third kappa shape index (κ3) is 3.53. The van der Waals surface area contributed by atoms with Gasteiger partial charge in [0.1, 0.15) is 12.2 Å². The SMILES string of the molecule is C=C[C@@H]1OC(C)(C)O[C@@H]1CS(=O)c1ccc(C)cc1. The van der Waals surface area contributed by atoms with Gasteiger partial charge in [-0.15, -0.1) is 6.58 Å². The van der Waals surface area contributed by atoms with Gasteiger partial charge >= 0.3 is 0 Å². The Balaban J connectivity index is 2.06. The van der Waals surface area contributed by atoms with Gasteiger partial charge in [0.05, 0.1) is 16.6 Å². The van der Waals surface area contributed by atoms with Crippen LogP contribution in [0.4, 0.5) is 0 Å². The maximum absolute atomic E-state index is 12.3. The highest BCUT2D eigenvalue weighted by atomic mass is 32.2. The molecule has 1 aliphatic heterocycles. The molecule has 0 radical (unpaired) electrons. The van der Waals surface area contributed by atoms with Crippen LogP contribution in [0, 0.1) is 6.92 Å². The molecule has 1 aliphatic rings. The standard InChI is InChI=1S/C15H20O3S/c1-5-13-14(18-15(3,4)17-13)10-19(16)12-8-6-11(2)7-9-12/h5-9,13-14H,1,10H2,2-4H3/t13-,14+,19?/m0/s1. The van der Waals surface area contributed by atoms with Crippen LogP contribution < -0.4 is 0 Å². The highest BCUT2D eigenvalue weighted by molar-refractivity contribution is 7.85. The minimum absolute atomic E-state index is 0.204. The van der Waals surface area contributed by atoms with E-state index < -0.39 is 16.6 Å². The Morgan fingerprint density at radius 3 is 2.53 bits per heavy atom. The van der Waals surface area contributed by atoms with E-state index in [2.05, 4.69) is 6.58 Å². The lowest BCUT2D eigenvalue weighted by atomic mass is 10.2. The molecule has 1 aromatic rings. The van der Waals surface area contributed by atoms with Crippen LogP contribution in [0.2, 0.25) is 0 Å². The summed E-state index contributed by atoms with van der Waals surface area (Å²) in [5.41, 5.74) is 1.16. The summed E-state index contributed by atoms with van der Waals surface area (Å²) in [7, 11) is -1.09. The second-order valence-electron chi connectivity index (χ2n) is 5.20. The number of hydrogen-bond acceptors (Lipinski definition) is 3. The van der Waals surface area contributed by atoms with Gasteiger partial charge in [-0.3, -0.25) is 4.21 Å². The first-order valence-electron chi connectivity index (χ1n) is 6.34. The second kappa shape index (κ2) is 5.57. The molecule has 0 aromatic heterocycles. The number of hydrogen-bond donors (Lipinski definition) is 0. The van der Waals surface area contributed by atoms with Crippen molar-refractivity contribution < 1.29 is 13.7 Å². The van der Waals surface area contributed by atoms with E-state index in [4.69, 9.17) is 9.47 Å². The maximum atomic E-state index is 12.3. The topological polar surface area (TPSA) is 35.5 Å². The Morgan fingerprint density at radius 2 is 1.95 bits per heavy atom. The smallest absolute Gasteiger partial charge is 0.164 e. The monoisotopic (exact) mass is 280 g/mol. The van der Waals surface area contributed by atoms with Crippen molar-refractivity contribution >= 4 is 10.8 Å². The zero-order valence-corrected chi connectivity index (χ0v) is 12.4. The van der Waals surface area contributed by atoms with Crippen molar-refractivity contribution in [3.05, 3.63) is 42.5 Å². The van der Waals surface area contributed by atoms with Gasteiger partial charge in [0.2, 0.25) is 0 Å². The summed E-state index contributed by atoms with van der Waals surface area (Å²) < 4.78 is 23.8. The molecule has 1 heterocycles. The first-order chi connectivity index (χ1) is 8.91. The summed E-state index contributed by atoms with van der Waals surface area (Å²) in [6, 6.07) is 7.73. The normalized spacial score (nSPS) is 27.1. The van der Waals surface area contributed by atoms with E-state index in [0.717, 1.165) is 10.5 Å². The van der Waals surface area contributed by atoms with E-state index in [1.807, 2.05) is 45.0 Å². The minimum atomic E-state index is -1.09. The molecule has 19 heavy (non-hydrogen) atoms. The van der Waals surface area contributed by atoms with Crippen LogP contribution in [0.25, 0.3) is 0 Å². The van der Waals surface area contributed by atoms with Crippen LogP contribution in [0.3, 0.4) is 0 Å². The molecule has 1 fully saturated rings. The van der Waals surface area contributed by atoms with Gasteiger partial charge in [-0.1, -0.05) is 23.8 Å². The fourth-order valence-corrected chi connectivity index (χ4v) is 3.32. The molecule has 1 unspecified atom stereocenters. The van der Waals surface area contributed by atoms with Gasteiger partial charge in [-0.2, -0.15) is 0 Å². The zero-order chi connectivity index (χ0) is 14.0. The molecule has 0 aliphatic carbocycles. The average Bonchev–Trinajstić information content (AvgIpc) is 2.64. The quantitative estimate of drug-likeness (QED) is 0.796. The van der Waals surface area contributed by atoms with Crippen LogP contribution in [-0.4, -0.2) is 28.0 Å². The molecule has 4 heteroatoms. The zero-order valence-electron chi connectivity index (χ0n) is 11.6. The van der Waals surface area contributed by atoms with Gasteiger partial charge < -0.3 is 9.47 Å². The molecule has 0 N–H and O–H groups in total. The van der Waals surface area contributed by atoms with Gasteiger partial charge in [-0.25, -0.2) is 0 Å². The molecule has 0 saturated carbocycles. The molecular formula is C15H20O3S. The molecular weight excluding hydrogens is 260 g/mol. The van der Waals surface area contributed by atoms with Crippen molar-refractivity contribution in [1.29, 1.82) is 0 Å². The summed E-state index contributed by atoms with van der Waals surface area (Å²) in [6.45, 7) is 9.48. The van der Waals surface area contributed by atoms with Crippen molar-refractivity contribution in [3.63, 3.8) is 0 Å². The number of ether oxygens (including phenoxy) is 2.